The van der Waals surface area contributed by atoms with Gasteiger partial charge in [0, 0.05) is 11.6 Å². The highest BCUT2D eigenvalue weighted by Gasteiger charge is 2.20. The van der Waals surface area contributed by atoms with Crippen LogP contribution in [-0.4, -0.2) is 28.8 Å². The fourth-order valence-electron chi connectivity index (χ4n) is 4.00. The van der Waals surface area contributed by atoms with E-state index >= 15 is 0 Å². The van der Waals surface area contributed by atoms with E-state index in [1.807, 2.05) is 69.3 Å². The second-order valence-electron chi connectivity index (χ2n) is 8.75. The number of benzene rings is 3. The molecule has 1 aromatic heterocycles. The zero-order chi connectivity index (χ0) is 24.1. The number of carbonyl (C=O) groups is 1. The monoisotopic (exact) mass is 453 g/mol. The lowest BCUT2D eigenvalue weighted by Gasteiger charge is -2.15. The van der Waals surface area contributed by atoms with Crippen LogP contribution in [0.5, 0.6) is 5.75 Å². The molecule has 4 aromatic rings. The number of aryl methyl sites for hydroxylation is 3. The highest BCUT2D eigenvalue weighted by Crippen LogP contribution is 2.26. The Bertz CT molecular complexity index is 1280. The van der Waals surface area contributed by atoms with Gasteiger partial charge in [-0.15, -0.1) is 0 Å². The largest absolute Gasteiger partial charge is 0.497 e. The molecule has 3 aromatic carbocycles. The minimum absolute atomic E-state index is 0.0231. The smallest absolute Gasteiger partial charge is 0.270 e. The van der Waals surface area contributed by atoms with Crippen molar-refractivity contribution in [3.63, 3.8) is 0 Å². The number of rotatable bonds is 8. The molecule has 0 aliphatic heterocycles. The molecule has 1 amide bonds. The van der Waals surface area contributed by atoms with Crippen LogP contribution in [0.1, 0.15) is 40.5 Å². The third-order valence-electron chi connectivity index (χ3n) is 5.99. The molecule has 0 saturated heterocycles. The fraction of sp³-hybridized carbons (Fsp3) is 0.241. The van der Waals surface area contributed by atoms with E-state index in [1.165, 1.54) is 5.56 Å². The summed E-state index contributed by atoms with van der Waals surface area (Å²) in [5, 5.41) is 8.02. The minimum atomic E-state index is -0.136. The molecule has 0 unspecified atom stereocenters. The lowest BCUT2D eigenvalue weighted by molar-refractivity contribution is 0.0930. The molecular formula is C29H31N3O2. The van der Waals surface area contributed by atoms with Gasteiger partial charge in [0.2, 0.25) is 0 Å². The number of ether oxygens (including phenoxy) is 1. The molecule has 0 spiro atoms. The Labute approximate surface area is 201 Å². The van der Waals surface area contributed by atoms with E-state index in [-0.39, 0.29) is 11.9 Å². The molecule has 0 aliphatic rings. The van der Waals surface area contributed by atoms with Gasteiger partial charge in [0.15, 0.2) is 0 Å². The van der Waals surface area contributed by atoms with E-state index in [0.29, 0.717) is 5.69 Å². The number of nitrogens with zero attached hydrogens (tertiary/aromatic N) is 2. The van der Waals surface area contributed by atoms with Gasteiger partial charge in [0.25, 0.3) is 5.91 Å². The maximum atomic E-state index is 13.4. The van der Waals surface area contributed by atoms with Crippen molar-refractivity contribution < 1.29 is 9.53 Å². The molecule has 0 fully saturated rings. The summed E-state index contributed by atoms with van der Waals surface area (Å²) in [6, 6.07) is 26.1. The Morgan fingerprint density at radius 2 is 1.79 bits per heavy atom. The highest BCUT2D eigenvalue weighted by atomic mass is 16.5. The molecule has 0 radical (unpaired) electrons. The number of hydrogen-bond donors (Lipinski definition) is 1. The summed E-state index contributed by atoms with van der Waals surface area (Å²) < 4.78 is 7.14. The normalized spacial score (nSPS) is 11.8. The molecule has 1 atom stereocenters. The number of hydrogen-bond acceptors (Lipinski definition) is 3. The predicted octanol–water partition coefficient (Wildman–Crippen LogP) is 5.92. The summed E-state index contributed by atoms with van der Waals surface area (Å²) in [6.45, 7) is 6.12. The van der Waals surface area contributed by atoms with Gasteiger partial charge in [-0.3, -0.25) is 4.79 Å². The summed E-state index contributed by atoms with van der Waals surface area (Å²) in [5.41, 5.74) is 6.47. The predicted molar refractivity (Wildman–Crippen MR) is 137 cm³/mol. The zero-order valence-electron chi connectivity index (χ0n) is 20.2. The van der Waals surface area contributed by atoms with Crippen LogP contribution in [0.25, 0.3) is 16.9 Å². The molecule has 174 valence electrons. The lowest BCUT2D eigenvalue weighted by atomic mass is 10.1. The number of methoxy groups -OCH3 is 1. The van der Waals surface area contributed by atoms with E-state index in [4.69, 9.17) is 9.84 Å². The Balaban J connectivity index is 1.64. The summed E-state index contributed by atoms with van der Waals surface area (Å²) in [6.07, 6.45) is 1.77. The van der Waals surface area contributed by atoms with Crippen molar-refractivity contribution >= 4 is 5.91 Å². The van der Waals surface area contributed by atoms with E-state index in [0.717, 1.165) is 46.7 Å². The van der Waals surface area contributed by atoms with Crippen molar-refractivity contribution in [2.45, 2.75) is 39.7 Å². The van der Waals surface area contributed by atoms with Crippen LogP contribution < -0.4 is 10.1 Å². The first-order valence-electron chi connectivity index (χ1n) is 11.6. The van der Waals surface area contributed by atoms with Crippen molar-refractivity contribution in [1.82, 2.24) is 15.1 Å². The van der Waals surface area contributed by atoms with E-state index in [2.05, 4.69) is 35.6 Å². The highest BCUT2D eigenvalue weighted by molar-refractivity contribution is 5.94. The number of aromatic nitrogens is 2. The van der Waals surface area contributed by atoms with Gasteiger partial charge >= 0.3 is 0 Å². The molecular weight excluding hydrogens is 422 g/mol. The zero-order valence-corrected chi connectivity index (χ0v) is 20.2. The molecule has 5 heteroatoms. The number of amides is 1. The first-order valence-corrected chi connectivity index (χ1v) is 11.6. The van der Waals surface area contributed by atoms with Gasteiger partial charge in [0.05, 0.1) is 18.5 Å². The molecule has 5 nitrogen and oxygen atoms in total. The van der Waals surface area contributed by atoms with Gasteiger partial charge in [-0.25, -0.2) is 4.68 Å². The second-order valence-corrected chi connectivity index (χ2v) is 8.75. The van der Waals surface area contributed by atoms with Gasteiger partial charge < -0.3 is 10.1 Å². The first-order chi connectivity index (χ1) is 16.4. The fourth-order valence-corrected chi connectivity index (χ4v) is 4.00. The van der Waals surface area contributed by atoms with E-state index in [1.54, 1.807) is 11.8 Å². The van der Waals surface area contributed by atoms with Gasteiger partial charge in [-0.05, 0) is 74.6 Å². The Morgan fingerprint density at radius 1 is 1.00 bits per heavy atom. The van der Waals surface area contributed by atoms with Crippen molar-refractivity contribution in [2.24, 2.45) is 0 Å². The van der Waals surface area contributed by atoms with Gasteiger partial charge in [0.1, 0.15) is 11.4 Å². The number of nitrogens with one attached hydrogen (secondary N) is 1. The lowest BCUT2D eigenvalue weighted by Crippen LogP contribution is -2.34. The van der Waals surface area contributed by atoms with Crippen LogP contribution in [0.2, 0.25) is 0 Å². The first kappa shape index (κ1) is 23.3. The van der Waals surface area contributed by atoms with Crippen LogP contribution in [0.3, 0.4) is 0 Å². The molecule has 0 bridgehead atoms. The molecule has 0 saturated carbocycles. The van der Waals surface area contributed by atoms with E-state index < -0.39 is 0 Å². The Kier molecular flexibility index (Phi) is 7.12. The molecule has 34 heavy (non-hydrogen) atoms. The van der Waals surface area contributed by atoms with E-state index in [9.17, 15) is 4.79 Å². The van der Waals surface area contributed by atoms with Gasteiger partial charge in [-0.2, -0.15) is 5.10 Å². The Morgan fingerprint density at radius 3 is 2.56 bits per heavy atom. The quantitative estimate of drug-likeness (QED) is 0.360. The maximum absolute atomic E-state index is 13.4. The summed E-state index contributed by atoms with van der Waals surface area (Å²) in [5.74, 6) is 0.613. The minimum Gasteiger partial charge on any atom is -0.497 e. The average Bonchev–Trinajstić information content (AvgIpc) is 3.30. The van der Waals surface area contributed by atoms with Crippen molar-refractivity contribution in [2.75, 3.05) is 7.11 Å². The summed E-state index contributed by atoms with van der Waals surface area (Å²) >= 11 is 0. The third kappa shape index (κ3) is 5.37. The number of carbonyl (C=O) groups excluding carboxylic acids is 1. The van der Waals surface area contributed by atoms with Gasteiger partial charge in [-0.1, -0.05) is 54.6 Å². The average molecular weight is 454 g/mol. The maximum Gasteiger partial charge on any atom is 0.270 e. The Hall–Kier alpha value is -3.86. The van der Waals surface area contributed by atoms with Crippen LogP contribution in [-0.2, 0) is 6.42 Å². The molecule has 1 heterocycles. The summed E-state index contributed by atoms with van der Waals surface area (Å²) in [7, 11) is 1.64. The van der Waals surface area contributed by atoms with Crippen molar-refractivity contribution in [3.8, 4) is 22.7 Å². The van der Waals surface area contributed by atoms with Crippen LogP contribution in [0, 0.1) is 13.8 Å². The van der Waals surface area contributed by atoms with Crippen LogP contribution in [0.15, 0.2) is 78.9 Å². The second kappa shape index (κ2) is 10.4. The van der Waals surface area contributed by atoms with Crippen LogP contribution in [0.4, 0.5) is 0 Å². The molecule has 1 N–H and O–H groups in total. The topological polar surface area (TPSA) is 56.1 Å². The van der Waals surface area contributed by atoms with Crippen LogP contribution >= 0.6 is 0 Å². The van der Waals surface area contributed by atoms with Crippen molar-refractivity contribution in [3.05, 3.63) is 101 Å². The standard InChI is InChI=1S/C29H31N3O2/c1-20-13-14-21(2)27(17-20)32-28(19-26(31-32)24-11-8-12-25(18-24)34-4)29(33)30-22(3)15-16-23-9-6-5-7-10-23/h5-14,17-19,22H,15-16H2,1-4H3,(H,30,33)/t22-/m1/s1. The summed E-state index contributed by atoms with van der Waals surface area (Å²) in [4.78, 5) is 13.4. The molecule has 4 rings (SSSR count). The van der Waals surface area contributed by atoms with Crippen molar-refractivity contribution in [1.29, 1.82) is 0 Å². The SMILES string of the molecule is COc1cccc(-c2cc(C(=O)N[C@H](C)CCc3ccccc3)n(-c3cc(C)ccc3C)n2)c1. The molecule has 0 aliphatic carbocycles. The third-order valence-corrected chi connectivity index (χ3v) is 5.99.